The summed E-state index contributed by atoms with van der Waals surface area (Å²) in [5, 5.41) is 10.9. The Morgan fingerprint density at radius 3 is 2.25 bits per heavy atom. The third-order valence-corrected chi connectivity index (χ3v) is 5.35. The van der Waals surface area contributed by atoms with E-state index in [1.807, 2.05) is 0 Å². The van der Waals surface area contributed by atoms with E-state index in [4.69, 9.17) is 0 Å². The quantitative estimate of drug-likeness (QED) is 0.193. The van der Waals surface area contributed by atoms with Gasteiger partial charge in [-0.25, -0.2) is 17.2 Å². The number of esters is 1. The average molecular weight is 459 g/mol. The van der Waals surface area contributed by atoms with Crippen LogP contribution in [0, 0.1) is 10.1 Å². The van der Waals surface area contributed by atoms with Gasteiger partial charge in [0.05, 0.1) is 20.5 Å². The highest BCUT2D eigenvalue weighted by Crippen LogP contribution is 2.36. The van der Waals surface area contributed by atoms with Crippen molar-refractivity contribution in [2.24, 2.45) is 0 Å². The van der Waals surface area contributed by atoms with Gasteiger partial charge in [0.15, 0.2) is 6.61 Å². The molecular formula is C12H8F7NO6S2. The molecule has 0 amide bonds. The van der Waals surface area contributed by atoms with Crippen molar-refractivity contribution in [2.45, 2.75) is 27.6 Å². The molecule has 0 aromatic heterocycles. The molecule has 0 N–H and O–H groups in total. The largest absolute Gasteiger partial charge is 0.501 e. The lowest BCUT2D eigenvalue weighted by Gasteiger charge is -2.14. The van der Waals surface area contributed by atoms with Crippen LogP contribution in [0.2, 0.25) is 0 Å². The van der Waals surface area contributed by atoms with Crippen LogP contribution in [-0.2, 0) is 19.4 Å². The van der Waals surface area contributed by atoms with E-state index >= 15 is 0 Å². The van der Waals surface area contributed by atoms with E-state index in [0.717, 1.165) is 0 Å². The molecule has 0 radical (unpaired) electrons. The number of rotatable bonds is 8. The summed E-state index contributed by atoms with van der Waals surface area (Å²) in [5.74, 6) is -6.97. The van der Waals surface area contributed by atoms with Gasteiger partial charge in [-0.15, -0.1) is 11.8 Å². The summed E-state index contributed by atoms with van der Waals surface area (Å²) in [6, 6.07) is 1.11. The Balaban J connectivity index is 2.96. The van der Waals surface area contributed by atoms with Crippen molar-refractivity contribution in [1.29, 1.82) is 0 Å². The van der Waals surface area contributed by atoms with Gasteiger partial charge in [-0.1, -0.05) is 0 Å². The molecule has 0 atom stereocenters. The lowest BCUT2D eigenvalue weighted by atomic mass is 10.3. The zero-order valence-corrected chi connectivity index (χ0v) is 14.7. The zero-order valence-electron chi connectivity index (χ0n) is 13.1. The summed E-state index contributed by atoms with van der Waals surface area (Å²) in [5.41, 5.74) is -6.82. The monoisotopic (exact) mass is 459 g/mol. The molecule has 0 heterocycles. The smallest absolute Gasteiger partial charge is 0.458 e. The number of halogens is 7. The maximum atomic E-state index is 12.6. The van der Waals surface area contributed by atoms with Crippen molar-refractivity contribution in [2.75, 3.05) is 12.4 Å². The number of nitro groups is 1. The highest BCUT2D eigenvalue weighted by Gasteiger charge is 2.47. The van der Waals surface area contributed by atoms with Gasteiger partial charge in [0.25, 0.3) is 15.5 Å². The molecule has 0 aliphatic carbocycles. The van der Waals surface area contributed by atoms with E-state index in [1.165, 1.54) is 0 Å². The summed E-state index contributed by atoms with van der Waals surface area (Å²) >= 11 is 0.245. The first-order valence-corrected chi connectivity index (χ1v) is 9.10. The van der Waals surface area contributed by atoms with Gasteiger partial charge in [0, 0.05) is 6.07 Å². The molecule has 0 saturated carbocycles. The van der Waals surface area contributed by atoms with Crippen LogP contribution in [0.4, 0.5) is 36.4 Å². The highest BCUT2D eigenvalue weighted by molar-refractivity contribution is 8.00. The third kappa shape index (κ3) is 5.70. The van der Waals surface area contributed by atoms with Gasteiger partial charge in [0.2, 0.25) is 0 Å². The Labute approximate surface area is 155 Å². The van der Waals surface area contributed by atoms with Gasteiger partial charge in [-0.2, -0.15) is 22.0 Å². The van der Waals surface area contributed by atoms with Crippen LogP contribution in [0.1, 0.15) is 0 Å². The highest BCUT2D eigenvalue weighted by atomic mass is 32.2. The summed E-state index contributed by atoms with van der Waals surface area (Å²) in [6.45, 7) is -1.95. The lowest BCUT2D eigenvalue weighted by molar-refractivity contribution is -0.388. The van der Waals surface area contributed by atoms with E-state index in [0.29, 0.717) is 12.1 Å². The number of benzene rings is 1. The molecule has 158 valence electrons. The predicted molar refractivity (Wildman–Crippen MR) is 79.0 cm³/mol. The fourth-order valence-corrected chi connectivity index (χ4v) is 3.06. The van der Waals surface area contributed by atoms with E-state index in [2.05, 4.69) is 4.74 Å². The first kappa shape index (κ1) is 23.9. The van der Waals surface area contributed by atoms with Crippen LogP contribution in [0.5, 0.6) is 0 Å². The number of hydrogen-bond acceptors (Lipinski definition) is 7. The van der Waals surface area contributed by atoms with Gasteiger partial charge < -0.3 is 4.74 Å². The van der Waals surface area contributed by atoms with Crippen LogP contribution < -0.4 is 0 Å². The summed E-state index contributed by atoms with van der Waals surface area (Å²) in [4.78, 5) is 19.1. The minimum absolute atomic E-state index is 0.113. The number of nitrogens with zero attached hydrogens (tertiary/aromatic N) is 1. The van der Waals surface area contributed by atoms with Crippen molar-refractivity contribution >= 4 is 33.3 Å². The second-order valence-corrected chi connectivity index (χ2v) is 7.81. The van der Waals surface area contributed by atoms with Crippen molar-refractivity contribution in [3.63, 3.8) is 0 Å². The number of nitro benzene ring substituents is 1. The molecule has 0 aliphatic heterocycles. The lowest BCUT2D eigenvalue weighted by Crippen LogP contribution is -2.33. The maximum Gasteiger partial charge on any atom is 0.501 e. The number of carbonyl (C=O) groups is 1. The molecule has 0 aliphatic rings. The molecule has 1 aromatic rings. The molecule has 16 heteroatoms. The van der Waals surface area contributed by atoms with Crippen molar-refractivity contribution < 1.29 is 53.6 Å². The number of sulfone groups is 1. The normalized spacial score (nSPS) is 12.9. The number of alkyl halides is 7. The van der Waals surface area contributed by atoms with Gasteiger partial charge in [0.1, 0.15) is 0 Å². The minimum atomic E-state index is -5.87. The van der Waals surface area contributed by atoms with Crippen molar-refractivity contribution in [3.8, 4) is 0 Å². The first-order valence-electron chi connectivity index (χ1n) is 6.64. The van der Waals surface area contributed by atoms with Crippen LogP contribution in [0.25, 0.3) is 0 Å². The van der Waals surface area contributed by atoms with Gasteiger partial charge in [-0.05, 0) is 12.1 Å². The van der Waals surface area contributed by atoms with Crippen LogP contribution in [0.15, 0.2) is 28.0 Å². The third-order valence-electron chi connectivity index (χ3n) is 2.83. The summed E-state index contributed by atoms with van der Waals surface area (Å²) < 4.78 is 113. The Bertz CT molecular complexity index is 857. The van der Waals surface area contributed by atoms with Crippen LogP contribution in [0.3, 0.4) is 0 Å². The molecular weight excluding hydrogens is 451 g/mol. The predicted octanol–water partition coefficient (Wildman–Crippen LogP) is 3.42. The number of hydrogen-bond donors (Lipinski definition) is 0. The topological polar surface area (TPSA) is 104 Å². The summed E-state index contributed by atoms with van der Waals surface area (Å²) in [6.07, 6.45) is -4.10. The number of thioether (sulfide) groups is 1. The zero-order chi connectivity index (χ0) is 21.9. The first-order chi connectivity index (χ1) is 12.6. The molecule has 0 fully saturated rings. The maximum absolute atomic E-state index is 12.6. The Kier molecular flexibility index (Phi) is 7.27. The number of ether oxygens (including phenoxy) is 1. The molecule has 0 bridgehead atoms. The van der Waals surface area contributed by atoms with Crippen LogP contribution in [-0.4, -0.2) is 49.5 Å². The Morgan fingerprint density at radius 2 is 1.79 bits per heavy atom. The molecule has 0 spiro atoms. The van der Waals surface area contributed by atoms with Crippen molar-refractivity contribution in [3.05, 3.63) is 28.3 Å². The Morgan fingerprint density at radius 1 is 1.21 bits per heavy atom. The van der Waals surface area contributed by atoms with E-state index in [-0.39, 0.29) is 17.8 Å². The molecule has 28 heavy (non-hydrogen) atoms. The second-order valence-electron chi connectivity index (χ2n) is 4.85. The SMILES string of the molecule is O=C(CSc1ccc(S(=O)(=O)C(F)(F)F)cc1[N+](=O)[O-])OCC(F)(F)C(F)F. The standard InChI is InChI=1S/C12H8F7NO6S2/c13-10(14)11(15,16)5-26-9(21)4-27-8-2-1-6(3-7(8)20(22)23)28(24,25)12(17,18)19/h1-3,10H,4-5H2. The molecule has 0 saturated heterocycles. The minimum Gasteiger partial charge on any atom is -0.458 e. The second kappa shape index (κ2) is 8.50. The van der Waals surface area contributed by atoms with Gasteiger partial charge >= 0.3 is 23.8 Å². The fourth-order valence-electron chi connectivity index (χ4n) is 1.48. The fraction of sp³-hybridized carbons (Fsp3) is 0.417. The van der Waals surface area contributed by atoms with Crippen molar-refractivity contribution in [1.82, 2.24) is 0 Å². The molecule has 0 unspecified atom stereocenters. The molecule has 7 nitrogen and oxygen atoms in total. The Hall–Kier alpha value is -2.10. The molecule has 1 rings (SSSR count). The van der Waals surface area contributed by atoms with Gasteiger partial charge in [-0.3, -0.25) is 14.9 Å². The van der Waals surface area contributed by atoms with E-state index in [9.17, 15) is 54.1 Å². The molecule has 1 aromatic carbocycles. The van der Waals surface area contributed by atoms with E-state index < -0.39 is 66.4 Å². The summed E-state index contributed by atoms with van der Waals surface area (Å²) in [7, 11) is -5.87. The van der Waals surface area contributed by atoms with E-state index in [1.54, 1.807) is 0 Å². The van der Waals surface area contributed by atoms with Crippen LogP contribution >= 0.6 is 11.8 Å². The number of carbonyl (C=O) groups excluding carboxylic acids is 1. The average Bonchev–Trinajstić information content (AvgIpc) is 2.56.